The normalized spacial score (nSPS) is 17.4. The Balaban J connectivity index is 2.49. The highest BCUT2D eigenvalue weighted by Crippen LogP contribution is 2.30. The first-order valence-electron chi connectivity index (χ1n) is 7.04. The number of methoxy groups -OCH3 is 1. The molecule has 1 unspecified atom stereocenters. The molecule has 1 N–H and O–H groups in total. The molecule has 0 radical (unpaired) electrons. The third-order valence-electron chi connectivity index (χ3n) is 3.79. The van der Waals surface area contributed by atoms with Crippen molar-refractivity contribution in [2.75, 3.05) is 26.8 Å². The van der Waals surface area contributed by atoms with E-state index in [-0.39, 0.29) is 18.4 Å². The molecular formula is C14H25NO4. The number of carbonyl (C=O) groups is 2. The molecule has 0 aromatic heterocycles. The standard InChI is InChI=1S/C14H25NO4/c1-11(9-12-5-3-4-6-12)14(18)15(7-8-19-2)10-13(16)17/h11-12H,3-10H2,1-2H3,(H,16,17). The van der Waals surface area contributed by atoms with Gasteiger partial charge in [-0.05, 0) is 12.3 Å². The fourth-order valence-corrected chi connectivity index (χ4v) is 2.79. The van der Waals surface area contributed by atoms with Crippen LogP contribution < -0.4 is 0 Å². The Labute approximate surface area is 114 Å². The van der Waals surface area contributed by atoms with Gasteiger partial charge in [-0.2, -0.15) is 0 Å². The van der Waals surface area contributed by atoms with Crippen LogP contribution in [0.15, 0.2) is 0 Å². The molecule has 0 aliphatic heterocycles. The largest absolute Gasteiger partial charge is 0.480 e. The zero-order chi connectivity index (χ0) is 14.3. The molecular weight excluding hydrogens is 246 g/mol. The van der Waals surface area contributed by atoms with E-state index in [1.54, 1.807) is 7.11 Å². The molecule has 1 aliphatic rings. The van der Waals surface area contributed by atoms with Crippen LogP contribution in [0.2, 0.25) is 0 Å². The summed E-state index contributed by atoms with van der Waals surface area (Å²) in [7, 11) is 1.55. The highest BCUT2D eigenvalue weighted by atomic mass is 16.5. The molecule has 0 aromatic rings. The lowest BCUT2D eigenvalue weighted by molar-refractivity contribution is -0.146. The lowest BCUT2D eigenvalue weighted by atomic mass is 9.93. The van der Waals surface area contributed by atoms with E-state index >= 15 is 0 Å². The van der Waals surface area contributed by atoms with Gasteiger partial charge >= 0.3 is 5.97 Å². The molecule has 110 valence electrons. The van der Waals surface area contributed by atoms with Crippen LogP contribution in [0.1, 0.15) is 39.0 Å². The van der Waals surface area contributed by atoms with Gasteiger partial charge < -0.3 is 14.7 Å². The number of aliphatic carboxylic acids is 1. The maximum Gasteiger partial charge on any atom is 0.323 e. The van der Waals surface area contributed by atoms with E-state index < -0.39 is 5.97 Å². The van der Waals surface area contributed by atoms with Gasteiger partial charge in [0.2, 0.25) is 5.91 Å². The monoisotopic (exact) mass is 271 g/mol. The number of rotatable bonds is 8. The summed E-state index contributed by atoms with van der Waals surface area (Å²) >= 11 is 0. The van der Waals surface area contributed by atoms with E-state index in [9.17, 15) is 9.59 Å². The first kappa shape index (κ1) is 16.0. The van der Waals surface area contributed by atoms with Crippen LogP contribution in [0, 0.1) is 11.8 Å². The fraction of sp³-hybridized carbons (Fsp3) is 0.857. The Kier molecular flexibility index (Phi) is 6.84. The molecule has 5 heteroatoms. The third kappa shape index (κ3) is 5.59. The predicted octanol–water partition coefficient (Wildman–Crippen LogP) is 1.76. The zero-order valence-electron chi connectivity index (χ0n) is 11.9. The molecule has 1 saturated carbocycles. The van der Waals surface area contributed by atoms with Gasteiger partial charge in [0.1, 0.15) is 6.54 Å². The number of hydrogen-bond donors (Lipinski definition) is 1. The minimum atomic E-state index is -0.975. The van der Waals surface area contributed by atoms with E-state index in [0.717, 1.165) is 6.42 Å². The third-order valence-corrected chi connectivity index (χ3v) is 3.79. The minimum Gasteiger partial charge on any atom is -0.480 e. The van der Waals surface area contributed by atoms with Crippen molar-refractivity contribution in [1.82, 2.24) is 4.90 Å². The molecule has 1 atom stereocenters. The summed E-state index contributed by atoms with van der Waals surface area (Å²) < 4.78 is 4.93. The van der Waals surface area contributed by atoms with Crippen LogP contribution in [0.3, 0.4) is 0 Å². The average Bonchev–Trinajstić information content (AvgIpc) is 2.85. The lowest BCUT2D eigenvalue weighted by Crippen LogP contribution is -2.41. The molecule has 1 amide bonds. The molecule has 0 aromatic carbocycles. The summed E-state index contributed by atoms with van der Waals surface area (Å²) in [6, 6.07) is 0. The van der Waals surface area contributed by atoms with Gasteiger partial charge in [0.05, 0.1) is 6.61 Å². The maximum absolute atomic E-state index is 12.3. The van der Waals surface area contributed by atoms with Gasteiger partial charge in [0.25, 0.3) is 0 Å². The summed E-state index contributed by atoms with van der Waals surface area (Å²) in [5.74, 6) is -0.503. The number of hydrogen-bond acceptors (Lipinski definition) is 3. The van der Waals surface area contributed by atoms with Crippen molar-refractivity contribution in [3.63, 3.8) is 0 Å². The highest BCUT2D eigenvalue weighted by Gasteiger charge is 2.26. The summed E-state index contributed by atoms with van der Waals surface area (Å²) in [6.45, 7) is 2.38. The van der Waals surface area contributed by atoms with E-state index in [0.29, 0.717) is 19.1 Å². The van der Waals surface area contributed by atoms with Crippen molar-refractivity contribution in [3.8, 4) is 0 Å². The van der Waals surface area contributed by atoms with Crippen molar-refractivity contribution >= 4 is 11.9 Å². The Morgan fingerprint density at radius 2 is 2.00 bits per heavy atom. The quantitative estimate of drug-likeness (QED) is 0.730. The second kappa shape index (κ2) is 8.15. The Bertz CT molecular complexity index is 300. The molecule has 19 heavy (non-hydrogen) atoms. The zero-order valence-corrected chi connectivity index (χ0v) is 11.9. The van der Waals surface area contributed by atoms with Crippen molar-refractivity contribution in [1.29, 1.82) is 0 Å². The van der Waals surface area contributed by atoms with Crippen molar-refractivity contribution < 1.29 is 19.4 Å². The number of carboxylic acids is 1. The van der Waals surface area contributed by atoms with Crippen molar-refractivity contribution in [2.45, 2.75) is 39.0 Å². The average molecular weight is 271 g/mol. The van der Waals surface area contributed by atoms with Crippen LogP contribution in [-0.4, -0.2) is 48.7 Å². The molecule has 0 bridgehead atoms. The number of nitrogens with zero attached hydrogens (tertiary/aromatic N) is 1. The number of carboxylic acid groups (broad SMARTS) is 1. The highest BCUT2D eigenvalue weighted by molar-refractivity contribution is 5.82. The first-order valence-corrected chi connectivity index (χ1v) is 7.04. The van der Waals surface area contributed by atoms with Gasteiger partial charge in [-0.3, -0.25) is 9.59 Å². The van der Waals surface area contributed by atoms with E-state index in [4.69, 9.17) is 9.84 Å². The minimum absolute atomic E-state index is 0.0636. The van der Waals surface area contributed by atoms with E-state index in [2.05, 4.69) is 0 Å². The fourth-order valence-electron chi connectivity index (χ4n) is 2.79. The second-order valence-electron chi connectivity index (χ2n) is 5.43. The van der Waals surface area contributed by atoms with Crippen LogP contribution >= 0.6 is 0 Å². The van der Waals surface area contributed by atoms with Gasteiger partial charge in [0.15, 0.2) is 0 Å². The molecule has 1 aliphatic carbocycles. The smallest absolute Gasteiger partial charge is 0.323 e. The van der Waals surface area contributed by atoms with E-state index in [1.165, 1.54) is 30.6 Å². The van der Waals surface area contributed by atoms with Crippen LogP contribution in [0.25, 0.3) is 0 Å². The van der Waals surface area contributed by atoms with Gasteiger partial charge in [-0.15, -0.1) is 0 Å². The van der Waals surface area contributed by atoms with Gasteiger partial charge in [0, 0.05) is 19.6 Å². The lowest BCUT2D eigenvalue weighted by Gasteiger charge is -2.25. The molecule has 0 spiro atoms. The summed E-state index contributed by atoms with van der Waals surface area (Å²) in [4.78, 5) is 24.5. The Morgan fingerprint density at radius 3 is 2.53 bits per heavy atom. The van der Waals surface area contributed by atoms with E-state index in [1.807, 2.05) is 6.92 Å². The van der Waals surface area contributed by atoms with Crippen molar-refractivity contribution in [2.24, 2.45) is 11.8 Å². The summed E-state index contributed by atoms with van der Waals surface area (Å²) in [5.41, 5.74) is 0. The Morgan fingerprint density at radius 1 is 1.37 bits per heavy atom. The summed E-state index contributed by atoms with van der Waals surface area (Å²) in [6.07, 6.45) is 5.80. The Hall–Kier alpha value is -1.10. The topological polar surface area (TPSA) is 66.8 Å². The second-order valence-corrected chi connectivity index (χ2v) is 5.43. The van der Waals surface area contributed by atoms with Crippen LogP contribution in [0.5, 0.6) is 0 Å². The van der Waals surface area contributed by atoms with Crippen LogP contribution in [-0.2, 0) is 14.3 Å². The number of amides is 1. The number of carbonyl (C=O) groups excluding carboxylic acids is 1. The van der Waals surface area contributed by atoms with Crippen molar-refractivity contribution in [3.05, 3.63) is 0 Å². The molecule has 1 rings (SSSR count). The van der Waals surface area contributed by atoms with Crippen LogP contribution in [0.4, 0.5) is 0 Å². The summed E-state index contributed by atoms with van der Waals surface area (Å²) in [5, 5.41) is 8.86. The molecule has 0 heterocycles. The molecule has 1 fully saturated rings. The predicted molar refractivity (Wildman–Crippen MR) is 71.8 cm³/mol. The molecule has 0 saturated heterocycles. The SMILES string of the molecule is COCCN(CC(=O)O)C(=O)C(C)CC1CCCC1. The first-order chi connectivity index (χ1) is 9.04. The molecule has 5 nitrogen and oxygen atoms in total. The van der Waals surface area contributed by atoms with Gasteiger partial charge in [-0.25, -0.2) is 0 Å². The van der Waals surface area contributed by atoms with Gasteiger partial charge in [-0.1, -0.05) is 32.6 Å². The number of ether oxygens (including phenoxy) is 1. The maximum atomic E-state index is 12.3.